The minimum Gasteiger partial charge on any atom is -0.756 e. The number of allylic oxidation sites excluding steroid dienone is 2. The molecule has 0 saturated carbocycles. The second kappa shape index (κ2) is 23.9. The molecule has 0 aromatic heterocycles. The van der Waals surface area contributed by atoms with Crippen LogP contribution in [0.4, 0.5) is 0 Å². The molecule has 0 aliphatic carbocycles. The zero-order valence-electron chi connectivity index (χ0n) is 25.5. The van der Waals surface area contributed by atoms with Crippen LogP contribution in [0, 0.1) is 0 Å². The number of hydrogen-bond donors (Lipinski definition) is 1. The third-order valence-corrected chi connectivity index (χ3v) is 6.39. The van der Waals surface area contributed by atoms with Crippen molar-refractivity contribution in [2.75, 3.05) is 26.4 Å². The first-order chi connectivity index (χ1) is 20.5. The van der Waals surface area contributed by atoms with Gasteiger partial charge < -0.3 is 33.6 Å². The number of carbonyl (C=O) groups excluding carboxylic acids is 6. The molecule has 1 fully saturated rings. The van der Waals surface area contributed by atoms with Crippen LogP contribution in [0.2, 0.25) is 0 Å². The van der Waals surface area contributed by atoms with Gasteiger partial charge in [0.25, 0.3) is 19.6 Å². The average Bonchev–Trinajstić information content (AvgIpc) is 3.27. The molecule has 0 bridgehead atoms. The van der Waals surface area contributed by atoms with E-state index in [-0.39, 0.29) is 81.0 Å². The number of carbonyl (C=O) groups is 6. The molecule has 0 radical (unpaired) electrons. The summed E-state index contributed by atoms with van der Waals surface area (Å²) in [7, 11) is -4.87. The fourth-order valence-electron chi connectivity index (χ4n) is 3.30. The van der Waals surface area contributed by atoms with Crippen LogP contribution in [0.1, 0.15) is 78.1 Å². The van der Waals surface area contributed by atoms with Gasteiger partial charge in [0, 0.05) is 32.2 Å². The van der Waals surface area contributed by atoms with Gasteiger partial charge in [0.05, 0.1) is 26.1 Å². The van der Waals surface area contributed by atoms with Crippen LogP contribution in [0.15, 0.2) is 24.3 Å². The number of hydroxylamine groups is 2. The van der Waals surface area contributed by atoms with Gasteiger partial charge in [0.15, 0.2) is 6.10 Å². The molecule has 242 valence electrons. The Hall–Kier alpha value is -2.39. The Bertz CT molecular complexity index is 1050. The molecule has 0 aromatic rings. The van der Waals surface area contributed by atoms with E-state index in [9.17, 15) is 38.2 Å². The Balaban J connectivity index is 0.0000185. The number of unbranched alkanes of at least 4 members (excludes halogenated alkanes) is 1. The Morgan fingerprint density at radius 1 is 0.886 bits per heavy atom. The van der Waals surface area contributed by atoms with E-state index in [4.69, 9.17) is 23.4 Å². The van der Waals surface area contributed by atoms with Crippen molar-refractivity contribution < 1.29 is 91.1 Å². The molecular formula is C27H40N2NaO13P. The molecular weight excluding hydrogens is 614 g/mol. The van der Waals surface area contributed by atoms with Gasteiger partial charge in [0.1, 0.15) is 6.61 Å². The smallest absolute Gasteiger partial charge is 0.756 e. The predicted molar refractivity (Wildman–Crippen MR) is 147 cm³/mol. The van der Waals surface area contributed by atoms with E-state index in [0.717, 1.165) is 6.42 Å². The van der Waals surface area contributed by atoms with E-state index in [0.29, 0.717) is 17.9 Å². The maximum absolute atomic E-state index is 12.1. The van der Waals surface area contributed by atoms with E-state index in [1.54, 1.807) is 24.3 Å². The number of esters is 2. The zero-order chi connectivity index (χ0) is 32.1. The molecule has 1 saturated heterocycles. The summed E-state index contributed by atoms with van der Waals surface area (Å²) in [6.07, 6.45) is 7.37. The largest absolute Gasteiger partial charge is 1.00 e. The zero-order valence-corrected chi connectivity index (χ0v) is 28.4. The molecule has 0 aromatic carbocycles. The molecule has 15 nitrogen and oxygen atoms in total. The van der Waals surface area contributed by atoms with Crippen molar-refractivity contribution in [2.24, 2.45) is 0 Å². The Labute approximate surface area is 278 Å². The van der Waals surface area contributed by atoms with Crippen LogP contribution < -0.4 is 39.8 Å². The predicted octanol–water partition coefficient (Wildman–Crippen LogP) is -1.06. The van der Waals surface area contributed by atoms with Gasteiger partial charge in [-0.3, -0.25) is 28.5 Å². The Morgan fingerprint density at radius 3 is 2.09 bits per heavy atom. The van der Waals surface area contributed by atoms with Crippen LogP contribution in [0.5, 0.6) is 0 Å². The number of amides is 3. The second-order valence-corrected chi connectivity index (χ2v) is 10.6. The number of rotatable bonds is 22. The Morgan fingerprint density at radius 2 is 1.48 bits per heavy atom. The molecule has 1 aliphatic rings. The van der Waals surface area contributed by atoms with E-state index in [1.807, 2.05) is 13.8 Å². The number of ether oxygens (including phenoxy) is 2. The monoisotopic (exact) mass is 654 g/mol. The van der Waals surface area contributed by atoms with Crippen LogP contribution >= 0.6 is 7.82 Å². The van der Waals surface area contributed by atoms with Gasteiger partial charge >= 0.3 is 47.5 Å². The Kier molecular flexibility index (Phi) is 22.6. The summed E-state index contributed by atoms with van der Waals surface area (Å²) in [5.74, 6) is -3.62. The first-order valence-corrected chi connectivity index (χ1v) is 15.5. The number of imide groups is 1. The van der Waals surface area contributed by atoms with E-state index >= 15 is 0 Å². The number of phosphoric acid groups is 1. The van der Waals surface area contributed by atoms with Gasteiger partial charge in [-0.15, -0.1) is 5.06 Å². The fraction of sp³-hybridized carbons (Fsp3) is 0.630. The molecule has 1 aliphatic heterocycles. The molecule has 0 spiro atoms. The summed E-state index contributed by atoms with van der Waals surface area (Å²) in [5.41, 5.74) is 0. The van der Waals surface area contributed by atoms with Crippen molar-refractivity contribution in [3.63, 3.8) is 0 Å². The van der Waals surface area contributed by atoms with Gasteiger partial charge in [-0.25, -0.2) is 4.79 Å². The first-order valence-electron chi connectivity index (χ1n) is 14.1. The maximum Gasteiger partial charge on any atom is 1.00 e. The number of nitrogens with zero attached hydrogens (tertiary/aromatic N) is 1. The maximum atomic E-state index is 12.1. The first kappa shape index (κ1) is 41.6. The number of nitrogens with one attached hydrogen (secondary N) is 1. The third kappa shape index (κ3) is 19.8. The molecule has 17 heteroatoms. The van der Waals surface area contributed by atoms with Gasteiger partial charge in [-0.05, 0) is 25.7 Å². The van der Waals surface area contributed by atoms with Crippen LogP contribution in [-0.4, -0.2) is 73.2 Å². The van der Waals surface area contributed by atoms with Gasteiger partial charge in [-0.2, -0.15) is 0 Å². The van der Waals surface area contributed by atoms with E-state index in [2.05, 4.69) is 5.32 Å². The van der Waals surface area contributed by atoms with Crippen LogP contribution in [0.3, 0.4) is 0 Å². The van der Waals surface area contributed by atoms with Crippen LogP contribution in [0.25, 0.3) is 0 Å². The molecule has 1 heterocycles. The molecule has 2 unspecified atom stereocenters. The number of phosphoric ester groups is 1. The fourth-order valence-corrected chi connectivity index (χ4v) is 4.03. The second-order valence-electron chi connectivity index (χ2n) is 9.14. The van der Waals surface area contributed by atoms with Crippen LogP contribution in [-0.2, 0) is 56.7 Å². The minimum absolute atomic E-state index is 0. The summed E-state index contributed by atoms with van der Waals surface area (Å²) in [4.78, 5) is 87.4. The van der Waals surface area contributed by atoms with E-state index in [1.165, 1.54) is 0 Å². The SMILES string of the molecule is CC/C=C\CC(=O)OCC(COP(=O)([O-])OCCNC(=O)CCCCC(=O)ON1C(=O)CCC1=O)OC(=O)C/C=C\CC.[Na+]. The van der Waals surface area contributed by atoms with Crippen molar-refractivity contribution in [3.8, 4) is 0 Å². The number of hydrogen-bond acceptors (Lipinski definition) is 13. The summed E-state index contributed by atoms with van der Waals surface area (Å²) < 4.78 is 31.9. The summed E-state index contributed by atoms with van der Waals surface area (Å²) in [5, 5.41) is 2.90. The third-order valence-electron chi connectivity index (χ3n) is 5.43. The van der Waals surface area contributed by atoms with Crippen molar-refractivity contribution in [1.82, 2.24) is 10.4 Å². The van der Waals surface area contributed by atoms with Crippen molar-refractivity contribution in [1.29, 1.82) is 0 Å². The summed E-state index contributed by atoms with van der Waals surface area (Å²) in [6, 6.07) is 0. The summed E-state index contributed by atoms with van der Waals surface area (Å²) >= 11 is 0. The minimum atomic E-state index is -4.87. The van der Waals surface area contributed by atoms with Crippen molar-refractivity contribution >= 4 is 43.5 Å². The normalized spacial score (nSPS) is 15.1. The van der Waals surface area contributed by atoms with E-state index < -0.39 is 69.4 Å². The van der Waals surface area contributed by atoms with Gasteiger partial charge in [0.2, 0.25) is 5.91 Å². The van der Waals surface area contributed by atoms with Crippen molar-refractivity contribution in [2.45, 2.75) is 84.2 Å². The topological polar surface area (TPSA) is 204 Å². The molecule has 2 atom stereocenters. The quantitative estimate of drug-likeness (QED) is 0.0370. The molecule has 3 amide bonds. The average molecular weight is 655 g/mol. The molecule has 44 heavy (non-hydrogen) atoms. The molecule has 1 rings (SSSR count). The van der Waals surface area contributed by atoms with Gasteiger partial charge in [-0.1, -0.05) is 38.2 Å². The standard InChI is InChI=1S/C27H41N2O13P.Na/c1-3-5-7-12-25(33)38-19-21(41-26(34)13-8-6-4-2)20-40-43(36,37)39-18-17-28-22(30)11-9-10-14-27(35)42-29-23(31)15-16-24(29)32;/h5-8,21H,3-4,9-20H2,1-2H3,(H,28,30)(H,36,37);/q;+1/p-1/b7-5-,8-6-;. The molecule has 1 N–H and O–H groups in total. The summed E-state index contributed by atoms with van der Waals surface area (Å²) in [6.45, 7) is 2.09. The van der Waals surface area contributed by atoms with Crippen molar-refractivity contribution in [3.05, 3.63) is 24.3 Å².